The number of anilines is 1. The lowest BCUT2D eigenvalue weighted by Crippen LogP contribution is -2.23. The molecule has 0 atom stereocenters. The molecule has 1 N–H and O–H groups in total. The van der Waals surface area contributed by atoms with Crippen molar-refractivity contribution in [2.75, 3.05) is 19.4 Å². The molecule has 0 spiro atoms. The molecule has 0 bridgehead atoms. The SMILES string of the molecule is Cc1ccc(NCc2nccn2C(F)F)c(C(=O)N(C)C)c1. The first-order valence-electron chi connectivity index (χ1n) is 6.76. The molecule has 22 heavy (non-hydrogen) atoms. The standard InChI is InChI=1S/C15H18F2N4O/c1-10-4-5-12(11(8-10)14(22)20(2)3)19-9-13-18-6-7-21(13)15(16)17/h4-8,15,19H,9H2,1-3H3. The van der Waals surface area contributed by atoms with Gasteiger partial charge in [-0.25, -0.2) is 4.98 Å². The van der Waals surface area contributed by atoms with E-state index in [1.807, 2.05) is 13.0 Å². The van der Waals surface area contributed by atoms with Gasteiger partial charge in [0.1, 0.15) is 5.82 Å². The van der Waals surface area contributed by atoms with Gasteiger partial charge in [0.25, 0.3) is 5.91 Å². The number of nitrogens with zero attached hydrogens (tertiary/aromatic N) is 3. The van der Waals surface area contributed by atoms with Crippen LogP contribution < -0.4 is 5.32 Å². The van der Waals surface area contributed by atoms with E-state index in [0.29, 0.717) is 11.3 Å². The second-order valence-corrected chi connectivity index (χ2v) is 5.13. The number of rotatable bonds is 5. The third kappa shape index (κ3) is 3.41. The Bertz CT molecular complexity index is 667. The number of carbonyl (C=O) groups excluding carboxylic acids is 1. The molecule has 0 aliphatic heterocycles. The molecule has 118 valence electrons. The zero-order valence-electron chi connectivity index (χ0n) is 12.7. The predicted octanol–water partition coefficient (Wildman–Crippen LogP) is 2.90. The number of hydrogen-bond acceptors (Lipinski definition) is 3. The van der Waals surface area contributed by atoms with Crippen LogP contribution in [0.5, 0.6) is 0 Å². The molecule has 0 radical (unpaired) electrons. The quantitative estimate of drug-likeness (QED) is 0.924. The largest absolute Gasteiger partial charge is 0.377 e. The van der Waals surface area contributed by atoms with Gasteiger partial charge in [0.2, 0.25) is 0 Å². The smallest absolute Gasteiger partial charge is 0.319 e. The van der Waals surface area contributed by atoms with Gasteiger partial charge in [-0.1, -0.05) is 11.6 Å². The molecule has 0 aliphatic rings. The molecule has 1 aromatic heterocycles. The predicted molar refractivity (Wildman–Crippen MR) is 80.0 cm³/mol. The number of aryl methyl sites for hydroxylation is 1. The number of halogens is 2. The van der Waals surface area contributed by atoms with Crippen LogP contribution in [0.2, 0.25) is 0 Å². The summed E-state index contributed by atoms with van der Waals surface area (Å²) in [6.07, 6.45) is 2.55. The first kappa shape index (κ1) is 15.9. The lowest BCUT2D eigenvalue weighted by Gasteiger charge is -2.16. The highest BCUT2D eigenvalue weighted by Crippen LogP contribution is 2.20. The van der Waals surface area contributed by atoms with Crippen molar-refractivity contribution in [2.24, 2.45) is 0 Å². The number of imidazole rings is 1. The first-order chi connectivity index (χ1) is 10.4. The molecule has 5 nitrogen and oxygen atoms in total. The van der Waals surface area contributed by atoms with Crippen LogP contribution in [0.4, 0.5) is 14.5 Å². The normalized spacial score (nSPS) is 10.8. The summed E-state index contributed by atoms with van der Waals surface area (Å²) in [6.45, 7) is -0.645. The zero-order chi connectivity index (χ0) is 16.3. The van der Waals surface area contributed by atoms with Crippen molar-refractivity contribution < 1.29 is 13.6 Å². The van der Waals surface area contributed by atoms with E-state index in [0.717, 1.165) is 10.1 Å². The van der Waals surface area contributed by atoms with Crippen molar-refractivity contribution in [1.82, 2.24) is 14.5 Å². The number of carbonyl (C=O) groups is 1. The number of alkyl halides is 2. The molecule has 1 heterocycles. The molecule has 0 saturated carbocycles. The maximum atomic E-state index is 12.8. The summed E-state index contributed by atoms with van der Waals surface area (Å²) in [5, 5.41) is 3.01. The van der Waals surface area contributed by atoms with Gasteiger partial charge in [0, 0.05) is 32.2 Å². The number of aromatic nitrogens is 2. The molecule has 7 heteroatoms. The molecular weight excluding hydrogens is 290 g/mol. The molecular formula is C15H18F2N4O. The monoisotopic (exact) mass is 308 g/mol. The van der Waals surface area contributed by atoms with E-state index in [1.54, 1.807) is 26.2 Å². The fraction of sp³-hybridized carbons (Fsp3) is 0.333. The van der Waals surface area contributed by atoms with Gasteiger partial charge in [-0.3, -0.25) is 9.36 Å². The Morgan fingerprint density at radius 1 is 1.41 bits per heavy atom. The maximum absolute atomic E-state index is 12.8. The lowest BCUT2D eigenvalue weighted by molar-refractivity contribution is 0.0672. The van der Waals surface area contributed by atoms with E-state index < -0.39 is 6.55 Å². The second-order valence-electron chi connectivity index (χ2n) is 5.13. The van der Waals surface area contributed by atoms with E-state index in [-0.39, 0.29) is 18.3 Å². The fourth-order valence-electron chi connectivity index (χ4n) is 2.06. The Labute approximate surface area is 127 Å². The molecule has 0 aliphatic carbocycles. The van der Waals surface area contributed by atoms with Gasteiger partial charge >= 0.3 is 6.55 Å². The van der Waals surface area contributed by atoms with E-state index in [1.165, 1.54) is 17.3 Å². The van der Waals surface area contributed by atoms with Crippen LogP contribution in [0.1, 0.15) is 28.3 Å². The van der Waals surface area contributed by atoms with Crippen LogP contribution in [0.15, 0.2) is 30.6 Å². The van der Waals surface area contributed by atoms with Gasteiger partial charge in [-0.2, -0.15) is 8.78 Å². The summed E-state index contributed by atoms with van der Waals surface area (Å²) in [6, 6.07) is 5.39. The summed E-state index contributed by atoms with van der Waals surface area (Å²) < 4.78 is 26.4. The molecule has 1 amide bonds. The average molecular weight is 308 g/mol. The Morgan fingerprint density at radius 3 is 2.77 bits per heavy atom. The Hall–Kier alpha value is -2.44. The molecule has 0 saturated heterocycles. The van der Waals surface area contributed by atoms with Gasteiger partial charge in [-0.05, 0) is 19.1 Å². The summed E-state index contributed by atoms with van der Waals surface area (Å²) in [5.74, 6) is 0.0576. The Balaban J connectivity index is 2.23. The summed E-state index contributed by atoms with van der Waals surface area (Å²) in [5.41, 5.74) is 2.04. The van der Waals surface area contributed by atoms with Crippen LogP contribution in [0.25, 0.3) is 0 Å². The van der Waals surface area contributed by atoms with Gasteiger partial charge in [0.15, 0.2) is 0 Å². The van der Waals surface area contributed by atoms with Crippen LogP contribution in [0, 0.1) is 6.92 Å². The van der Waals surface area contributed by atoms with Crippen LogP contribution >= 0.6 is 0 Å². The second kappa shape index (κ2) is 6.55. The topological polar surface area (TPSA) is 50.2 Å². The van der Waals surface area contributed by atoms with Crippen molar-refractivity contribution in [3.63, 3.8) is 0 Å². The summed E-state index contributed by atoms with van der Waals surface area (Å²) in [7, 11) is 3.33. The minimum Gasteiger partial charge on any atom is -0.377 e. The zero-order valence-corrected chi connectivity index (χ0v) is 12.7. The minimum absolute atomic E-state index is 0.105. The van der Waals surface area contributed by atoms with E-state index >= 15 is 0 Å². The number of benzene rings is 1. The van der Waals surface area contributed by atoms with E-state index in [9.17, 15) is 13.6 Å². The number of amides is 1. The Morgan fingerprint density at radius 2 is 2.14 bits per heavy atom. The summed E-state index contributed by atoms with van der Waals surface area (Å²) >= 11 is 0. The van der Waals surface area contributed by atoms with Crippen molar-refractivity contribution >= 4 is 11.6 Å². The van der Waals surface area contributed by atoms with Crippen molar-refractivity contribution in [3.8, 4) is 0 Å². The first-order valence-corrected chi connectivity index (χ1v) is 6.76. The van der Waals surface area contributed by atoms with Gasteiger partial charge in [-0.15, -0.1) is 0 Å². The molecule has 2 rings (SSSR count). The third-order valence-electron chi connectivity index (χ3n) is 3.21. The van der Waals surface area contributed by atoms with Crippen LogP contribution in [-0.4, -0.2) is 34.5 Å². The summed E-state index contributed by atoms with van der Waals surface area (Å²) in [4.78, 5) is 17.6. The third-order valence-corrected chi connectivity index (χ3v) is 3.21. The van der Waals surface area contributed by atoms with Crippen molar-refractivity contribution in [2.45, 2.75) is 20.0 Å². The number of nitrogens with one attached hydrogen (secondary N) is 1. The van der Waals surface area contributed by atoms with Crippen molar-refractivity contribution in [1.29, 1.82) is 0 Å². The highest BCUT2D eigenvalue weighted by atomic mass is 19.3. The fourth-order valence-corrected chi connectivity index (χ4v) is 2.06. The van der Waals surface area contributed by atoms with Crippen LogP contribution in [-0.2, 0) is 6.54 Å². The lowest BCUT2D eigenvalue weighted by atomic mass is 10.1. The molecule has 1 aromatic carbocycles. The maximum Gasteiger partial charge on any atom is 0.319 e. The van der Waals surface area contributed by atoms with Gasteiger partial charge < -0.3 is 10.2 Å². The average Bonchev–Trinajstić information content (AvgIpc) is 2.93. The van der Waals surface area contributed by atoms with E-state index in [4.69, 9.17) is 0 Å². The molecule has 0 unspecified atom stereocenters. The molecule has 2 aromatic rings. The highest BCUT2D eigenvalue weighted by molar-refractivity contribution is 5.99. The Kier molecular flexibility index (Phi) is 4.75. The number of hydrogen-bond donors (Lipinski definition) is 1. The highest BCUT2D eigenvalue weighted by Gasteiger charge is 2.15. The van der Waals surface area contributed by atoms with Gasteiger partial charge in [0.05, 0.1) is 12.1 Å². The van der Waals surface area contributed by atoms with Crippen LogP contribution in [0.3, 0.4) is 0 Å². The van der Waals surface area contributed by atoms with E-state index in [2.05, 4.69) is 10.3 Å². The minimum atomic E-state index is -2.64. The van der Waals surface area contributed by atoms with Crippen molar-refractivity contribution in [3.05, 3.63) is 47.5 Å². The molecule has 0 fully saturated rings.